The zero-order valence-corrected chi connectivity index (χ0v) is 22.3. The van der Waals surface area contributed by atoms with Gasteiger partial charge < -0.3 is 15.4 Å². The van der Waals surface area contributed by atoms with Crippen molar-refractivity contribution < 1.29 is 27.9 Å². The van der Waals surface area contributed by atoms with Crippen molar-refractivity contribution in [3.63, 3.8) is 0 Å². The molecule has 2 aromatic carbocycles. The van der Waals surface area contributed by atoms with Gasteiger partial charge in [-0.2, -0.15) is 0 Å². The van der Waals surface area contributed by atoms with Crippen LogP contribution in [0.4, 0.5) is 8.78 Å². The van der Waals surface area contributed by atoms with Crippen molar-refractivity contribution in [2.75, 3.05) is 19.6 Å². The maximum atomic E-state index is 13.5. The van der Waals surface area contributed by atoms with Gasteiger partial charge in [0.25, 0.3) is 5.91 Å². The first-order valence-electron chi connectivity index (χ1n) is 13.8. The number of likely N-dealkylation sites (tertiary alicyclic amines) is 1. The Morgan fingerprint density at radius 1 is 0.975 bits per heavy atom. The van der Waals surface area contributed by atoms with Crippen molar-refractivity contribution in [3.8, 4) is 0 Å². The van der Waals surface area contributed by atoms with E-state index in [1.54, 1.807) is 18.3 Å². The number of carbonyl (C=O) groups is 3. The third-order valence-corrected chi connectivity index (χ3v) is 8.53. The molecule has 2 fully saturated rings. The second kappa shape index (κ2) is 11.8. The number of aromatic nitrogens is 1. The molecular formula is C31H33F2N3O4. The molecule has 0 bridgehead atoms. The minimum Gasteiger partial charge on any atom is -0.445 e. The zero-order chi connectivity index (χ0) is 28.3. The molecule has 1 aliphatic carbocycles. The number of esters is 1. The van der Waals surface area contributed by atoms with E-state index in [0.29, 0.717) is 48.1 Å². The molecule has 7 nitrogen and oxygen atoms in total. The molecule has 1 aliphatic heterocycles. The number of hydrogen-bond donors (Lipinski definition) is 1. The van der Waals surface area contributed by atoms with Crippen LogP contribution in [0.1, 0.15) is 65.7 Å². The normalized spacial score (nSPS) is 22.2. The number of ether oxygens (including phenoxy) is 1. The number of para-hydroxylation sites is 1. The second-order valence-electron chi connectivity index (χ2n) is 11.0. The molecule has 40 heavy (non-hydrogen) atoms. The number of nitrogens with zero attached hydrogens (tertiary/aromatic N) is 2. The number of hydrogen-bond acceptors (Lipinski definition) is 6. The molecule has 1 saturated heterocycles. The first kappa shape index (κ1) is 27.8. The summed E-state index contributed by atoms with van der Waals surface area (Å²) in [6.45, 7) is 2.38. The fourth-order valence-electron chi connectivity index (χ4n) is 6.01. The summed E-state index contributed by atoms with van der Waals surface area (Å²) < 4.78 is 32.6. The number of Topliss-reactive ketones (excluding diaryl/α,β-unsaturated/α-hetero) is 1. The predicted molar refractivity (Wildman–Crippen MR) is 146 cm³/mol. The van der Waals surface area contributed by atoms with Crippen LogP contribution in [-0.2, 0) is 9.53 Å². The number of benzene rings is 2. The third kappa shape index (κ3) is 5.89. The molecule has 210 valence electrons. The average Bonchev–Trinajstić information content (AvgIpc) is 2.97. The van der Waals surface area contributed by atoms with E-state index in [0.717, 1.165) is 51.0 Å². The van der Waals surface area contributed by atoms with E-state index in [9.17, 15) is 23.2 Å². The molecule has 1 saturated carbocycles. The fraction of sp³-hybridized carbons (Fsp3) is 0.419. The molecular weight excluding hydrogens is 516 g/mol. The Kier molecular flexibility index (Phi) is 8.21. The van der Waals surface area contributed by atoms with Crippen LogP contribution in [0.25, 0.3) is 10.9 Å². The molecule has 0 radical (unpaired) electrons. The maximum absolute atomic E-state index is 13.5. The van der Waals surface area contributed by atoms with Crippen LogP contribution in [0.15, 0.2) is 54.7 Å². The van der Waals surface area contributed by atoms with E-state index in [2.05, 4.69) is 9.88 Å². The monoisotopic (exact) mass is 549 g/mol. The van der Waals surface area contributed by atoms with E-state index in [4.69, 9.17) is 10.5 Å². The van der Waals surface area contributed by atoms with Gasteiger partial charge >= 0.3 is 5.97 Å². The molecule has 2 N–H and O–H groups in total. The van der Waals surface area contributed by atoms with Gasteiger partial charge in [0, 0.05) is 23.1 Å². The van der Waals surface area contributed by atoms with Gasteiger partial charge in [0.2, 0.25) is 0 Å². The number of ketones is 1. The molecule has 9 heteroatoms. The van der Waals surface area contributed by atoms with Crippen LogP contribution >= 0.6 is 0 Å². The van der Waals surface area contributed by atoms with Crippen LogP contribution in [0.5, 0.6) is 0 Å². The number of primary amides is 1. The van der Waals surface area contributed by atoms with Crippen molar-refractivity contribution in [2.45, 2.75) is 50.5 Å². The van der Waals surface area contributed by atoms with Crippen molar-refractivity contribution in [1.29, 1.82) is 0 Å². The summed E-state index contributed by atoms with van der Waals surface area (Å²) >= 11 is 0. The molecule has 3 aromatic rings. The second-order valence-corrected chi connectivity index (χ2v) is 11.0. The Bertz CT molecular complexity index is 1410. The van der Waals surface area contributed by atoms with E-state index in [1.165, 1.54) is 6.07 Å². The van der Waals surface area contributed by atoms with Gasteiger partial charge in [0.1, 0.15) is 0 Å². The topological polar surface area (TPSA) is 103 Å². The number of pyridine rings is 1. The van der Waals surface area contributed by atoms with Crippen molar-refractivity contribution in [1.82, 2.24) is 9.88 Å². The molecule has 2 aliphatic rings. The van der Waals surface area contributed by atoms with Crippen LogP contribution in [0, 0.1) is 23.5 Å². The van der Waals surface area contributed by atoms with E-state index in [-0.39, 0.29) is 17.3 Å². The Morgan fingerprint density at radius 2 is 1.70 bits per heavy atom. The number of amides is 1. The van der Waals surface area contributed by atoms with Crippen molar-refractivity contribution in [2.24, 2.45) is 17.6 Å². The lowest BCUT2D eigenvalue weighted by Crippen LogP contribution is -2.50. The first-order chi connectivity index (χ1) is 19.3. The lowest BCUT2D eigenvalue weighted by molar-refractivity contribution is -0.142. The van der Waals surface area contributed by atoms with Gasteiger partial charge in [-0.15, -0.1) is 0 Å². The van der Waals surface area contributed by atoms with Gasteiger partial charge in [-0.05, 0) is 101 Å². The SMILES string of the molecule is NC(=O)C1(OC(=O)c2ccnc3ccccc23)CCC(CCN2CCC(C(=O)c3ccc(F)c(F)c3)CC2)CC1. The highest BCUT2D eigenvalue weighted by atomic mass is 19.2. The molecule has 0 spiro atoms. The summed E-state index contributed by atoms with van der Waals surface area (Å²) in [6.07, 6.45) is 6.03. The molecule has 5 rings (SSSR count). The number of rotatable bonds is 8. The summed E-state index contributed by atoms with van der Waals surface area (Å²) in [4.78, 5) is 45.0. The Hall–Kier alpha value is -3.72. The lowest BCUT2D eigenvalue weighted by Gasteiger charge is -2.38. The number of carbonyl (C=O) groups excluding carboxylic acids is 3. The summed E-state index contributed by atoms with van der Waals surface area (Å²) in [5.41, 5.74) is 5.70. The van der Waals surface area contributed by atoms with Crippen LogP contribution in [-0.4, -0.2) is 52.8 Å². The Morgan fingerprint density at radius 3 is 2.40 bits per heavy atom. The summed E-state index contributed by atoms with van der Waals surface area (Å²) in [5.74, 6) is -3.11. The molecule has 1 amide bonds. The third-order valence-electron chi connectivity index (χ3n) is 8.53. The van der Waals surface area contributed by atoms with Gasteiger partial charge in [-0.1, -0.05) is 18.2 Å². The van der Waals surface area contributed by atoms with Crippen LogP contribution in [0.2, 0.25) is 0 Å². The highest BCUT2D eigenvalue weighted by Crippen LogP contribution is 2.37. The highest BCUT2D eigenvalue weighted by Gasteiger charge is 2.44. The van der Waals surface area contributed by atoms with E-state index >= 15 is 0 Å². The largest absolute Gasteiger partial charge is 0.445 e. The van der Waals surface area contributed by atoms with Gasteiger partial charge in [0.15, 0.2) is 23.0 Å². The van der Waals surface area contributed by atoms with Crippen LogP contribution < -0.4 is 5.73 Å². The maximum Gasteiger partial charge on any atom is 0.339 e. The lowest BCUT2D eigenvalue weighted by atomic mass is 9.76. The van der Waals surface area contributed by atoms with E-state index < -0.39 is 29.1 Å². The number of nitrogens with two attached hydrogens (primary N) is 1. The number of piperidine rings is 1. The predicted octanol–water partition coefficient (Wildman–Crippen LogP) is 5.07. The summed E-state index contributed by atoms with van der Waals surface area (Å²) in [6, 6.07) is 12.2. The Labute approximate surface area is 231 Å². The van der Waals surface area contributed by atoms with Crippen molar-refractivity contribution >= 4 is 28.6 Å². The van der Waals surface area contributed by atoms with E-state index in [1.807, 2.05) is 18.2 Å². The quantitative estimate of drug-likeness (QED) is 0.311. The van der Waals surface area contributed by atoms with Crippen molar-refractivity contribution in [3.05, 3.63) is 77.5 Å². The molecule has 2 heterocycles. The Balaban J connectivity index is 1.11. The zero-order valence-electron chi connectivity index (χ0n) is 22.3. The number of fused-ring (bicyclic) bond motifs is 1. The number of halogens is 2. The first-order valence-corrected chi connectivity index (χ1v) is 13.8. The summed E-state index contributed by atoms with van der Waals surface area (Å²) in [5, 5.41) is 0.665. The molecule has 0 unspecified atom stereocenters. The minimum absolute atomic E-state index is 0.136. The molecule has 1 aromatic heterocycles. The van der Waals surface area contributed by atoms with Gasteiger partial charge in [0.05, 0.1) is 11.1 Å². The molecule has 0 atom stereocenters. The van der Waals surface area contributed by atoms with Gasteiger partial charge in [-0.3, -0.25) is 14.6 Å². The summed E-state index contributed by atoms with van der Waals surface area (Å²) in [7, 11) is 0. The van der Waals surface area contributed by atoms with Crippen LogP contribution in [0.3, 0.4) is 0 Å². The average molecular weight is 550 g/mol. The highest BCUT2D eigenvalue weighted by molar-refractivity contribution is 6.04. The standard InChI is InChI=1S/C31H33F2N3O4/c32-25-6-5-22(19-26(25)33)28(37)21-11-17-36(18-12-21)16-10-20-7-13-31(14-8-20,30(34)39)40-29(38)24-9-15-35-27-4-2-1-3-23(24)27/h1-6,9,15,19-21H,7-8,10-14,16-18H2,(H2,34,39). The van der Waals surface area contributed by atoms with Gasteiger partial charge in [-0.25, -0.2) is 13.6 Å². The fourth-order valence-corrected chi connectivity index (χ4v) is 6.01. The minimum atomic E-state index is -1.32. The smallest absolute Gasteiger partial charge is 0.339 e.